The van der Waals surface area contributed by atoms with Gasteiger partial charge in [0.05, 0.1) is 0 Å². The average molecular weight is 167 g/mol. The van der Waals surface area contributed by atoms with Crippen LogP contribution >= 0.6 is 0 Å². The van der Waals surface area contributed by atoms with Crippen LogP contribution in [-0.4, -0.2) is 11.9 Å². The molecule has 2 fully saturated rings. The Bertz CT molecular complexity index is 210. The van der Waals surface area contributed by atoms with Crippen LogP contribution in [0.1, 0.15) is 39.5 Å². The molecular formula is C10H17NO. The van der Waals surface area contributed by atoms with Crippen molar-refractivity contribution in [3.8, 4) is 0 Å². The number of rotatable bonds is 0. The summed E-state index contributed by atoms with van der Waals surface area (Å²) in [6, 6.07) is 0.487. The average Bonchev–Trinajstić information content (AvgIpc) is 2.25. The third-order valence-electron chi connectivity index (χ3n) is 3.59. The minimum absolute atomic E-state index is 0.106. The Kier molecular flexibility index (Phi) is 1.67. The van der Waals surface area contributed by atoms with Crippen LogP contribution in [-0.2, 0) is 4.79 Å². The Balaban J connectivity index is 2.22. The van der Waals surface area contributed by atoms with Gasteiger partial charge in [0.25, 0.3) is 0 Å². The van der Waals surface area contributed by atoms with Gasteiger partial charge >= 0.3 is 0 Å². The first-order valence-electron chi connectivity index (χ1n) is 4.93. The minimum atomic E-state index is -0.106. The monoisotopic (exact) mass is 167 g/mol. The molecule has 0 spiro atoms. The van der Waals surface area contributed by atoms with Gasteiger partial charge in [0.1, 0.15) is 0 Å². The molecule has 1 heterocycles. The van der Waals surface area contributed by atoms with Gasteiger partial charge in [-0.15, -0.1) is 0 Å². The van der Waals surface area contributed by atoms with Gasteiger partial charge in [-0.3, -0.25) is 4.79 Å². The lowest BCUT2D eigenvalue weighted by atomic mass is 9.72. The van der Waals surface area contributed by atoms with Crippen LogP contribution in [0.15, 0.2) is 0 Å². The number of carbonyl (C=O) groups excluding carboxylic acids is 1. The van der Waals surface area contributed by atoms with E-state index in [1.165, 1.54) is 25.7 Å². The zero-order chi connectivity index (χ0) is 8.77. The number of nitrogens with one attached hydrogen (secondary N) is 1. The van der Waals surface area contributed by atoms with Gasteiger partial charge in [0, 0.05) is 11.5 Å². The quantitative estimate of drug-likeness (QED) is 0.584. The van der Waals surface area contributed by atoms with Crippen LogP contribution in [0.25, 0.3) is 0 Å². The molecule has 2 unspecified atom stereocenters. The van der Waals surface area contributed by atoms with E-state index in [0.29, 0.717) is 12.0 Å². The summed E-state index contributed by atoms with van der Waals surface area (Å²) >= 11 is 0. The fraction of sp³-hybridized carbons (Fsp3) is 0.900. The highest BCUT2D eigenvalue weighted by Crippen LogP contribution is 2.42. The molecule has 2 nitrogen and oxygen atoms in total. The van der Waals surface area contributed by atoms with E-state index in [4.69, 9.17) is 0 Å². The first-order chi connectivity index (χ1) is 5.62. The molecule has 2 heteroatoms. The van der Waals surface area contributed by atoms with Crippen molar-refractivity contribution in [2.24, 2.45) is 11.3 Å². The summed E-state index contributed by atoms with van der Waals surface area (Å²) in [6.07, 6.45) is 5.02. The maximum Gasteiger partial charge on any atom is 0.226 e. The third kappa shape index (κ3) is 0.970. The van der Waals surface area contributed by atoms with E-state index in [0.717, 1.165) is 0 Å². The van der Waals surface area contributed by atoms with Crippen LogP contribution < -0.4 is 5.32 Å². The first kappa shape index (κ1) is 8.09. The number of amides is 1. The summed E-state index contributed by atoms with van der Waals surface area (Å²) in [7, 11) is 0. The Morgan fingerprint density at radius 1 is 1.33 bits per heavy atom. The second-order valence-corrected chi connectivity index (χ2v) is 4.69. The van der Waals surface area contributed by atoms with Crippen molar-refractivity contribution in [3.05, 3.63) is 0 Å². The van der Waals surface area contributed by atoms with Gasteiger partial charge in [-0.2, -0.15) is 0 Å². The number of hydrogen-bond donors (Lipinski definition) is 1. The molecule has 1 N–H and O–H groups in total. The fourth-order valence-corrected chi connectivity index (χ4v) is 2.69. The van der Waals surface area contributed by atoms with Gasteiger partial charge in [0.2, 0.25) is 5.91 Å². The molecule has 2 rings (SSSR count). The normalized spacial score (nSPS) is 39.0. The second-order valence-electron chi connectivity index (χ2n) is 4.69. The second kappa shape index (κ2) is 2.48. The number of carbonyl (C=O) groups is 1. The smallest absolute Gasteiger partial charge is 0.226 e. The summed E-state index contributed by atoms with van der Waals surface area (Å²) < 4.78 is 0. The SMILES string of the molecule is CC1(C)C(=O)NC2CCCCC21. The van der Waals surface area contributed by atoms with E-state index in [1.54, 1.807) is 0 Å². The molecule has 12 heavy (non-hydrogen) atoms. The van der Waals surface area contributed by atoms with Crippen molar-refractivity contribution >= 4 is 5.91 Å². The zero-order valence-corrected chi connectivity index (χ0v) is 7.89. The summed E-state index contributed by atoms with van der Waals surface area (Å²) in [4.78, 5) is 11.6. The predicted octanol–water partition coefficient (Wildman–Crippen LogP) is 1.70. The largest absolute Gasteiger partial charge is 0.353 e. The Morgan fingerprint density at radius 2 is 2.00 bits per heavy atom. The summed E-state index contributed by atoms with van der Waals surface area (Å²) in [6.45, 7) is 4.16. The lowest BCUT2D eigenvalue weighted by molar-refractivity contribution is -0.127. The van der Waals surface area contributed by atoms with Crippen LogP contribution in [0, 0.1) is 11.3 Å². The summed E-state index contributed by atoms with van der Waals surface area (Å²) in [5, 5.41) is 3.11. The maximum atomic E-state index is 11.6. The molecule has 2 atom stereocenters. The molecule has 1 amide bonds. The molecule has 68 valence electrons. The molecule has 0 radical (unpaired) electrons. The molecule has 0 aromatic rings. The van der Waals surface area contributed by atoms with Crippen molar-refractivity contribution in [1.29, 1.82) is 0 Å². The Labute approximate surface area is 73.7 Å². The van der Waals surface area contributed by atoms with Crippen molar-refractivity contribution in [2.45, 2.75) is 45.6 Å². The van der Waals surface area contributed by atoms with E-state index in [9.17, 15) is 4.79 Å². The molecule has 1 saturated carbocycles. The standard InChI is InChI=1S/C10H17NO/c1-10(2)7-5-3-4-6-8(7)11-9(10)12/h7-8H,3-6H2,1-2H3,(H,11,12). The van der Waals surface area contributed by atoms with Gasteiger partial charge in [-0.1, -0.05) is 26.7 Å². The van der Waals surface area contributed by atoms with Crippen LogP contribution in [0.4, 0.5) is 0 Å². The van der Waals surface area contributed by atoms with E-state index < -0.39 is 0 Å². The molecule has 1 aliphatic heterocycles. The zero-order valence-electron chi connectivity index (χ0n) is 7.89. The lowest BCUT2D eigenvalue weighted by Crippen LogP contribution is -2.31. The number of hydrogen-bond acceptors (Lipinski definition) is 1. The Morgan fingerprint density at radius 3 is 2.67 bits per heavy atom. The van der Waals surface area contributed by atoms with E-state index >= 15 is 0 Å². The van der Waals surface area contributed by atoms with Crippen LogP contribution in [0.2, 0.25) is 0 Å². The van der Waals surface area contributed by atoms with Crippen molar-refractivity contribution in [1.82, 2.24) is 5.32 Å². The van der Waals surface area contributed by atoms with Gasteiger partial charge in [0.15, 0.2) is 0 Å². The predicted molar refractivity (Wildman–Crippen MR) is 47.7 cm³/mol. The van der Waals surface area contributed by atoms with Gasteiger partial charge in [-0.25, -0.2) is 0 Å². The van der Waals surface area contributed by atoms with Crippen LogP contribution in [0.5, 0.6) is 0 Å². The molecule has 0 aromatic carbocycles. The lowest BCUT2D eigenvalue weighted by Gasteiger charge is -2.30. The highest BCUT2D eigenvalue weighted by atomic mass is 16.2. The fourth-order valence-electron chi connectivity index (χ4n) is 2.69. The highest BCUT2D eigenvalue weighted by molar-refractivity contribution is 5.85. The van der Waals surface area contributed by atoms with Gasteiger partial charge in [-0.05, 0) is 18.8 Å². The molecule has 1 aliphatic carbocycles. The molecule has 1 saturated heterocycles. The molecule has 0 bridgehead atoms. The van der Waals surface area contributed by atoms with E-state index in [2.05, 4.69) is 19.2 Å². The first-order valence-corrected chi connectivity index (χ1v) is 4.93. The Hall–Kier alpha value is -0.530. The number of fused-ring (bicyclic) bond motifs is 1. The van der Waals surface area contributed by atoms with E-state index in [-0.39, 0.29) is 11.3 Å². The van der Waals surface area contributed by atoms with E-state index in [1.807, 2.05) is 0 Å². The van der Waals surface area contributed by atoms with Crippen molar-refractivity contribution in [3.63, 3.8) is 0 Å². The van der Waals surface area contributed by atoms with Gasteiger partial charge < -0.3 is 5.32 Å². The van der Waals surface area contributed by atoms with Crippen molar-refractivity contribution in [2.75, 3.05) is 0 Å². The highest BCUT2D eigenvalue weighted by Gasteiger charge is 2.48. The molecule has 0 aromatic heterocycles. The van der Waals surface area contributed by atoms with Crippen molar-refractivity contribution < 1.29 is 4.79 Å². The topological polar surface area (TPSA) is 29.1 Å². The summed E-state index contributed by atoms with van der Waals surface area (Å²) in [5.74, 6) is 0.859. The molecular weight excluding hydrogens is 150 g/mol. The van der Waals surface area contributed by atoms with Crippen LogP contribution in [0.3, 0.4) is 0 Å². The minimum Gasteiger partial charge on any atom is -0.353 e. The molecule has 2 aliphatic rings. The maximum absolute atomic E-state index is 11.6. The third-order valence-corrected chi connectivity index (χ3v) is 3.59. The summed E-state index contributed by atoms with van der Waals surface area (Å²) in [5.41, 5.74) is -0.106.